The van der Waals surface area contributed by atoms with Crippen LogP contribution in [-0.2, 0) is 15.0 Å². The summed E-state index contributed by atoms with van der Waals surface area (Å²) < 4.78 is 33.1. The van der Waals surface area contributed by atoms with Crippen molar-refractivity contribution in [2.75, 3.05) is 20.6 Å². The highest BCUT2D eigenvalue weighted by Crippen LogP contribution is 2.14. The molecule has 19 heavy (non-hydrogen) atoms. The van der Waals surface area contributed by atoms with Crippen LogP contribution in [0.15, 0.2) is 0 Å². The van der Waals surface area contributed by atoms with Crippen LogP contribution in [0, 0.1) is 0 Å². The van der Waals surface area contributed by atoms with Gasteiger partial charge in [0.2, 0.25) is 5.44 Å². The molecule has 0 aliphatic rings. The van der Waals surface area contributed by atoms with Crippen LogP contribution < -0.4 is 0 Å². The summed E-state index contributed by atoms with van der Waals surface area (Å²) in [5.41, 5.74) is -1.25. The van der Waals surface area contributed by atoms with Crippen molar-refractivity contribution in [3.8, 4) is 0 Å². The van der Waals surface area contributed by atoms with Gasteiger partial charge in [-0.1, -0.05) is 39.5 Å². The molecule has 0 saturated carbocycles. The van der Waals surface area contributed by atoms with Crippen molar-refractivity contribution < 1.29 is 22.5 Å². The minimum absolute atomic E-state index is 0.119. The van der Waals surface area contributed by atoms with Gasteiger partial charge in [0.25, 0.3) is 0 Å². The average molecular weight is 295 g/mol. The minimum atomic E-state index is -4.38. The Labute approximate surface area is 118 Å². The normalized spacial score (nSPS) is 14.6. The third-order valence-corrected chi connectivity index (χ3v) is 4.17. The Morgan fingerprint density at radius 3 is 2.05 bits per heavy atom. The molecule has 0 bridgehead atoms. The fourth-order valence-electron chi connectivity index (χ4n) is 1.98. The highest BCUT2D eigenvalue weighted by molar-refractivity contribution is 7.86. The van der Waals surface area contributed by atoms with Gasteiger partial charge in [0.1, 0.15) is 16.7 Å². The van der Waals surface area contributed by atoms with Gasteiger partial charge in [-0.3, -0.25) is 0 Å². The lowest BCUT2D eigenvalue weighted by atomic mass is 10.1. The molecule has 0 aromatic heterocycles. The Morgan fingerprint density at radius 1 is 1.05 bits per heavy atom. The Hall–Kier alpha value is -0.170. The fraction of sp³-hybridized carbons (Fsp3) is 1.00. The van der Waals surface area contributed by atoms with Crippen LogP contribution >= 0.6 is 0 Å². The molecule has 0 N–H and O–H groups in total. The van der Waals surface area contributed by atoms with E-state index in [4.69, 9.17) is 4.84 Å². The quantitative estimate of drug-likeness (QED) is 0.254. The van der Waals surface area contributed by atoms with E-state index in [0.717, 1.165) is 19.4 Å². The maximum atomic E-state index is 11.0. The van der Waals surface area contributed by atoms with Gasteiger partial charge in [0.15, 0.2) is 0 Å². The van der Waals surface area contributed by atoms with Crippen LogP contribution in [-0.4, -0.2) is 43.7 Å². The first-order chi connectivity index (χ1) is 8.73. The van der Waals surface area contributed by atoms with Crippen molar-refractivity contribution in [3.05, 3.63) is 0 Å². The average Bonchev–Trinajstić information content (AvgIpc) is 2.29. The van der Waals surface area contributed by atoms with Crippen LogP contribution in [0.1, 0.15) is 58.8 Å². The van der Waals surface area contributed by atoms with Gasteiger partial charge in [-0.05, 0) is 19.3 Å². The van der Waals surface area contributed by atoms with Crippen LogP contribution in [0.2, 0.25) is 0 Å². The molecule has 6 heteroatoms. The lowest BCUT2D eigenvalue weighted by molar-refractivity contribution is -1.08. The van der Waals surface area contributed by atoms with E-state index < -0.39 is 15.6 Å². The molecule has 0 spiro atoms. The lowest BCUT2D eigenvalue weighted by Gasteiger charge is -2.31. The van der Waals surface area contributed by atoms with Gasteiger partial charge < -0.3 is 4.55 Å². The van der Waals surface area contributed by atoms with Crippen molar-refractivity contribution >= 4 is 10.1 Å². The van der Waals surface area contributed by atoms with E-state index in [1.807, 2.05) is 0 Å². The molecule has 0 heterocycles. The summed E-state index contributed by atoms with van der Waals surface area (Å²) in [5.74, 6) is 0. The standard InChI is InChI=1S/C13H29NO4S/c1-5-7-8-9-10-11-12-14(3,4)18-13(6-2)19(15,16)17/h13H,5-12H2,1-4H3. The van der Waals surface area contributed by atoms with Crippen LogP contribution in [0.5, 0.6) is 0 Å². The van der Waals surface area contributed by atoms with Crippen molar-refractivity contribution in [1.29, 1.82) is 0 Å². The predicted molar refractivity (Wildman–Crippen MR) is 75.2 cm³/mol. The summed E-state index contributed by atoms with van der Waals surface area (Å²) in [4.78, 5) is 5.42. The van der Waals surface area contributed by atoms with E-state index in [9.17, 15) is 13.0 Å². The zero-order chi connectivity index (χ0) is 14.9. The first kappa shape index (κ1) is 18.8. The number of unbranched alkanes of at least 4 members (excludes halogenated alkanes) is 5. The van der Waals surface area contributed by atoms with E-state index in [1.54, 1.807) is 21.0 Å². The maximum absolute atomic E-state index is 11.0. The Balaban J connectivity index is 4.03. The third kappa shape index (κ3) is 9.38. The van der Waals surface area contributed by atoms with E-state index >= 15 is 0 Å². The fourth-order valence-corrected chi connectivity index (χ4v) is 2.72. The molecule has 5 nitrogen and oxygen atoms in total. The Morgan fingerprint density at radius 2 is 1.58 bits per heavy atom. The Kier molecular flexibility index (Phi) is 8.81. The summed E-state index contributed by atoms with van der Waals surface area (Å²) in [6.07, 6.45) is 7.22. The van der Waals surface area contributed by atoms with Crippen molar-refractivity contribution in [1.82, 2.24) is 0 Å². The number of nitrogens with zero attached hydrogens (tertiary/aromatic N) is 1. The van der Waals surface area contributed by atoms with Crippen molar-refractivity contribution in [2.45, 2.75) is 64.2 Å². The molecule has 0 radical (unpaired) electrons. The van der Waals surface area contributed by atoms with E-state index in [2.05, 4.69) is 6.92 Å². The molecule has 0 aliphatic carbocycles. The molecule has 0 saturated heterocycles. The van der Waals surface area contributed by atoms with Crippen LogP contribution in [0.25, 0.3) is 0 Å². The molecule has 0 rings (SSSR count). The summed E-state index contributed by atoms with van der Waals surface area (Å²) in [6.45, 7) is 4.55. The molecule has 0 aliphatic heterocycles. The molecule has 0 amide bonds. The highest BCUT2D eigenvalue weighted by Gasteiger charge is 2.26. The topological polar surface area (TPSA) is 66.4 Å². The van der Waals surface area contributed by atoms with Gasteiger partial charge in [-0.25, -0.2) is 8.42 Å². The SMILES string of the molecule is CCCCCCCC[N+](C)(C)OC(CC)S(=O)(=O)[O-]. The van der Waals surface area contributed by atoms with E-state index in [0.29, 0.717) is 0 Å². The maximum Gasteiger partial charge on any atom is 0.205 e. The summed E-state index contributed by atoms with van der Waals surface area (Å²) in [6, 6.07) is 0. The van der Waals surface area contributed by atoms with E-state index in [-0.39, 0.29) is 11.1 Å². The minimum Gasteiger partial charge on any atom is -0.746 e. The number of rotatable bonds is 11. The largest absolute Gasteiger partial charge is 0.746 e. The van der Waals surface area contributed by atoms with Gasteiger partial charge in [0.05, 0.1) is 14.1 Å². The molecular formula is C13H29NO4S. The van der Waals surface area contributed by atoms with E-state index in [1.165, 1.54) is 25.7 Å². The summed E-state index contributed by atoms with van der Waals surface area (Å²) >= 11 is 0. The lowest BCUT2D eigenvalue weighted by Crippen LogP contribution is -2.45. The van der Waals surface area contributed by atoms with Crippen molar-refractivity contribution in [3.63, 3.8) is 0 Å². The van der Waals surface area contributed by atoms with Crippen LogP contribution in [0.4, 0.5) is 0 Å². The molecule has 116 valence electrons. The molecule has 0 aromatic carbocycles. The first-order valence-corrected chi connectivity index (χ1v) is 8.66. The van der Waals surface area contributed by atoms with Gasteiger partial charge in [0, 0.05) is 0 Å². The summed E-state index contributed by atoms with van der Waals surface area (Å²) in [5, 5.41) is 0. The molecular weight excluding hydrogens is 266 g/mol. The smallest absolute Gasteiger partial charge is 0.205 e. The molecule has 1 unspecified atom stereocenters. The molecule has 0 fully saturated rings. The number of quaternary nitrogens is 1. The van der Waals surface area contributed by atoms with Crippen molar-refractivity contribution in [2.24, 2.45) is 0 Å². The molecule has 0 aromatic rings. The third-order valence-electron chi connectivity index (χ3n) is 3.11. The second-order valence-electron chi connectivity index (χ2n) is 5.50. The zero-order valence-electron chi connectivity index (χ0n) is 12.7. The second-order valence-corrected chi connectivity index (χ2v) is 7.01. The van der Waals surface area contributed by atoms with Gasteiger partial charge in [-0.15, -0.1) is 0 Å². The Bertz CT molecular complexity index is 328. The summed E-state index contributed by atoms with van der Waals surface area (Å²) in [7, 11) is -0.796. The monoisotopic (exact) mass is 295 g/mol. The molecule has 1 atom stereocenters. The number of hydrogen-bond acceptors (Lipinski definition) is 4. The highest BCUT2D eigenvalue weighted by atomic mass is 32.2. The van der Waals surface area contributed by atoms with Gasteiger partial charge in [-0.2, -0.15) is 9.48 Å². The number of hydrogen-bond donors (Lipinski definition) is 0. The first-order valence-electron chi connectivity index (χ1n) is 7.19. The van der Waals surface area contributed by atoms with Crippen LogP contribution in [0.3, 0.4) is 0 Å². The second kappa shape index (κ2) is 8.89. The predicted octanol–water partition coefficient (Wildman–Crippen LogP) is 2.64. The number of hydroxylamine groups is 3. The zero-order valence-corrected chi connectivity index (χ0v) is 13.5. The van der Waals surface area contributed by atoms with Gasteiger partial charge >= 0.3 is 0 Å².